The molecule has 1 aromatic carbocycles. The molecular weight excluding hydrogens is 475 g/mol. The zero-order valence-electron chi connectivity index (χ0n) is 20.3. The third-order valence-corrected chi connectivity index (χ3v) is 8.11. The van der Waals surface area contributed by atoms with E-state index in [1.54, 1.807) is 30.5 Å². The number of carbonyl (C=O) groups excluding carboxylic acids is 1. The molecule has 1 aliphatic carbocycles. The van der Waals surface area contributed by atoms with Crippen molar-refractivity contribution >= 4 is 27.8 Å². The molecule has 3 aromatic rings. The first-order valence-electron chi connectivity index (χ1n) is 11.9. The SMILES string of the molecule is CCC(C)C(=O)c1c(-c2ccc(S(=O)NC(C)C(F)(F)F)cc2)n(C2CCC2)c2ncc(C)cc12. The van der Waals surface area contributed by atoms with Crippen LogP contribution in [0.2, 0.25) is 0 Å². The molecule has 0 bridgehead atoms. The Bertz CT molecular complexity index is 1260. The van der Waals surface area contributed by atoms with Crippen molar-refractivity contribution in [2.45, 2.75) is 76.5 Å². The normalized spacial score (nSPS) is 17.2. The largest absolute Gasteiger partial charge is 0.404 e. The Labute approximate surface area is 205 Å². The van der Waals surface area contributed by atoms with Gasteiger partial charge in [0, 0.05) is 23.5 Å². The van der Waals surface area contributed by atoms with Crippen LogP contribution in [0.25, 0.3) is 22.3 Å². The molecule has 0 saturated heterocycles. The monoisotopic (exact) mass is 505 g/mol. The maximum atomic E-state index is 13.6. The van der Waals surface area contributed by atoms with Gasteiger partial charge in [-0.25, -0.2) is 13.9 Å². The average molecular weight is 506 g/mol. The van der Waals surface area contributed by atoms with Crippen molar-refractivity contribution in [3.63, 3.8) is 0 Å². The number of aromatic nitrogens is 2. The van der Waals surface area contributed by atoms with E-state index in [2.05, 4.69) is 9.29 Å². The predicted octanol–water partition coefficient (Wildman–Crippen LogP) is 6.53. The van der Waals surface area contributed by atoms with Gasteiger partial charge >= 0.3 is 6.18 Å². The van der Waals surface area contributed by atoms with E-state index >= 15 is 0 Å². The average Bonchev–Trinajstić information content (AvgIpc) is 3.09. The molecule has 188 valence electrons. The van der Waals surface area contributed by atoms with E-state index in [0.717, 1.165) is 54.0 Å². The first-order chi connectivity index (χ1) is 16.5. The van der Waals surface area contributed by atoms with E-state index < -0.39 is 23.2 Å². The molecule has 0 aliphatic heterocycles. The van der Waals surface area contributed by atoms with Crippen LogP contribution < -0.4 is 4.72 Å². The highest BCUT2D eigenvalue weighted by Crippen LogP contribution is 2.43. The van der Waals surface area contributed by atoms with E-state index in [4.69, 9.17) is 4.98 Å². The Morgan fingerprint density at radius 1 is 1.23 bits per heavy atom. The van der Waals surface area contributed by atoms with Crippen LogP contribution >= 0.6 is 0 Å². The smallest absolute Gasteiger partial charge is 0.322 e. The molecule has 1 N–H and O–H groups in total. The second-order valence-electron chi connectivity index (χ2n) is 9.41. The van der Waals surface area contributed by atoms with Crippen LogP contribution in [0, 0.1) is 12.8 Å². The second kappa shape index (κ2) is 9.85. The number of hydrogen-bond acceptors (Lipinski definition) is 3. The van der Waals surface area contributed by atoms with Gasteiger partial charge in [0.1, 0.15) is 22.7 Å². The van der Waals surface area contributed by atoms with Gasteiger partial charge in [0.15, 0.2) is 5.78 Å². The molecule has 3 atom stereocenters. The number of alkyl halides is 3. The molecule has 2 aromatic heterocycles. The van der Waals surface area contributed by atoms with Crippen LogP contribution in [0.4, 0.5) is 13.2 Å². The van der Waals surface area contributed by atoms with E-state index in [-0.39, 0.29) is 22.6 Å². The number of hydrogen-bond donors (Lipinski definition) is 1. The van der Waals surface area contributed by atoms with Gasteiger partial charge in [-0.3, -0.25) is 4.79 Å². The second-order valence-corrected chi connectivity index (χ2v) is 10.7. The van der Waals surface area contributed by atoms with Gasteiger partial charge in [0.2, 0.25) is 0 Å². The number of nitrogens with zero attached hydrogens (tertiary/aromatic N) is 2. The maximum Gasteiger partial charge on any atom is 0.404 e. The first kappa shape index (κ1) is 25.6. The number of nitrogens with one attached hydrogen (secondary N) is 1. The summed E-state index contributed by atoms with van der Waals surface area (Å²) >= 11 is 0. The minimum absolute atomic E-state index is 0.0475. The standard InChI is InChI=1S/C26H30F3N3O2S/c1-5-16(3)24(33)22-21-13-15(2)14-30-25(21)32(19-7-6-8-19)23(22)18-9-11-20(12-10-18)35(34)31-17(4)26(27,28)29/h9-14,16-17,19,31H,5-8H2,1-4H3. The number of pyridine rings is 1. The highest BCUT2D eigenvalue weighted by atomic mass is 32.2. The zero-order chi connectivity index (χ0) is 25.5. The number of fused-ring (bicyclic) bond motifs is 1. The Morgan fingerprint density at radius 3 is 2.43 bits per heavy atom. The van der Waals surface area contributed by atoms with Crippen molar-refractivity contribution in [3.05, 3.63) is 47.7 Å². The minimum atomic E-state index is -4.49. The first-order valence-corrected chi connectivity index (χ1v) is 13.1. The zero-order valence-corrected chi connectivity index (χ0v) is 21.1. The van der Waals surface area contributed by atoms with Crippen molar-refractivity contribution in [1.82, 2.24) is 14.3 Å². The van der Waals surface area contributed by atoms with E-state index in [9.17, 15) is 22.2 Å². The van der Waals surface area contributed by atoms with E-state index in [1.807, 2.05) is 26.8 Å². The van der Waals surface area contributed by atoms with Crippen molar-refractivity contribution < 1.29 is 22.2 Å². The lowest BCUT2D eigenvalue weighted by atomic mass is 9.91. The Hall–Kier alpha value is -2.52. The summed E-state index contributed by atoms with van der Waals surface area (Å²) in [6.07, 6.45) is 1.10. The summed E-state index contributed by atoms with van der Waals surface area (Å²) in [6.45, 7) is 6.78. The maximum absolute atomic E-state index is 13.6. The lowest BCUT2D eigenvalue weighted by Crippen LogP contribution is -2.40. The predicted molar refractivity (Wildman–Crippen MR) is 132 cm³/mol. The Kier molecular flexibility index (Phi) is 7.20. The fourth-order valence-corrected chi connectivity index (χ4v) is 5.26. The third-order valence-electron chi connectivity index (χ3n) is 6.84. The van der Waals surface area contributed by atoms with Gasteiger partial charge in [0.25, 0.3) is 0 Å². The molecule has 1 fully saturated rings. The summed E-state index contributed by atoms with van der Waals surface area (Å²) in [4.78, 5) is 18.6. The number of rotatable bonds is 8. The summed E-state index contributed by atoms with van der Waals surface area (Å²) in [6, 6.07) is 6.90. The highest BCUT2D eigenvalue weighted by Gasteiger charge is 2.37. The fourth-order valence-electron chi connectivity index (χ4n) is 4.29. The van der Waals surface area contributed by atoms with Crippen LogP contribution in [0.1, 0.15) is 68.4 Å². The summed E-state index contributed by atoms with van der Waals surface area (Å²) in [5.74, 6) is -0.124. The molecular formula is C26H30F3N3O2S. The summed E-state index contributed by atoms with van der Waals surface area (Å²) in [5, 5.41) is 0.825. The van der Waals surface area contributed by atoms with Gasteiger partial charge in [0.05, 0.1) is 16.2 Å². The van der Waals surface area contributed by atoms with Crippen LogP contribution in [-0.4, -0.2) is 31.8 Å². The summed E-state index contributed by atoms with van der Waals surface area (Å²) in [7, 11) is -2.03. The third kappa shape index (κ3) is 4.93. The number of benzene rings is 1. The van der Waals surface area contributed by atoms with Gasteiger partial charge in [-0.2, -0.15) is 13.2 Å². The summed E-state index contributed by atoms with van der Waals surface area (Å²) < 4.78 is 55.4. The molecule has 1 saturated carbocycles. The van der Waals surface area contributed by atoms with Crippen LogP contribution in [0.3, 0.4) is 0 Å². The molecule has 0 amide bonds. The Morgan fingerprint density at radius 2 is 1.89 bits per heavy atom. The molecule has 2 heterocycles. The molecule has 35 heavy (non-hydrogen) atoms. The van der Waals surface area contributed by atoms with Crippen LogP contribution in [-0.2, 0) is 11.0 Å². The van der Waals surface area contributed by atoms with Gasteiger partial charge < -0.3 is 4.57 Å². The highest BCUT2D eigenvalue weighted by molar-refractivity contribution is 7.83. The number of Topliss-reactive ketones (excluding diaryl/α,β-unsaturated/α-hetero) is 1. The molecule has 4 rings (SSSR count). The van der Waals surface area contributed by atoms with Crippen molar-refractivity contribution in [1.29, 1.82) is 0 Å². The van der Waals surface area contributed by atoms with E-state index in [1.165, 1.54) is 0 Å². The lowest BCUT2D eigenvalue weighted by Gasteiger charge is -2.30. The lowest BCUT2D eigenvalue weighted by molar-refractivity contribution is -0.146. The number of halogens is 3. The molecule has 9 heteroatoms. The molecule has 1 aliphatic rings. The number of carbonyl (C=O) groups is 1. The molecule has 0 radical (unpaired) electrons. The van der Waals surface area contributed by atoms with Gasteiger partial charge in [-0.15, -0.1) is 0 Å². The fraction of sp³-hybridized carbons (Fsp3) is 0.462. The minimum Gasteiger partial charge on any atom is -0.322 e. The van der Waals surface area contributed by atoms with Crippen LogP contribution in [0.15, 0.2) is 41.4 Å². The van der Waals surface area contributed by atoms with Gasteiger partial charge in [-0.05, 0) is 68.9 Å². The topological polar surface area (TPSA) is 64.0 Å². The van der Waals surface area contributed by atoms with Crippen molar-refractivity contribution in [2.75, 3.05) is 0 Å². The molecule has 3 unspecified atom stereocenters. The molecule has 0 spiro atoms. The van der Waals surface area contributed by atoms with Crippen LogP contribution in [0.5, 0.6) is 0 Å². The number of ketones is 1. The summed E-state index contributed by atoms with van der Waals surface area (Å²) in [5.41, 5.74) is 3.90. The Balaban J connectivity index is 1.83. The number of aryl methyl sites for hydroxylation is 1. The molecule has 5 nitrogen and oxygen atoms in total. The van der Waals surface area contributed by atoms with E-state index in [0.29, 0.717) is 12.0 Å². The van der Waals surface area contributed by atoms with Gasteiger partial charge in [-0.1, -0.05) is 26.0 Å². The van der Waals surface area contributed by atoms with Crippen molar-refractivity contribution in [3.8, 4) is 11.3 Å². The van der Waals surface area contributed by atoms with Crippen molar-refractivity contribution in [2.24, 2.45) is 5.92 Å². The quantitative estimate of drug-likeness (QED) is 0.354.